The van der Waals surface area contributed by atoms with Crippen LogP contribution >= 0.6 is 23.4 Å². The molecule has 1 amide bonds. The van der Waals surface area contributed by atoms with Crippen molar-refractivity contribution < 1.29 is 9.72 Å². The van der Waals surface area contributed by atoms with Gasteiger partial charge in [-0.15, -0.1) is 10.2 Å². The smallest absolute Gasteiger partial charge is 0.289 e. The summed E-state index contributed by atoms with van der Waals surface area (Å²) in [5.41, 5.74) is 2.02. The van der Waals surface area contributed by atoms with E-state index in [0.717, 1.165) is 17.1 Å². The van der Waals surface area contributed by atoms with E-state index in [2.05, 4.69) is 15.5 Å². The third-order valence-electron chi connectivity index (χ3n) is 4.68. The predicted octanol–water partition coefficient (Wildman–Crippen LogP) is 5.15. The Morgan fingerprint density at radius 2 is 1.73 bits per heavy atom. The Kier molecular flexibility index (Phi) is 7.01. The van der Waals surface area contributed by atoms with Gasteiger partial charge < -0.3 is 5.32 Å². The quantitative estimate of drug-likeness (QED) is 0.213. The van der Waals surface area contributed by atoms with Crippen molar-refractivity contribution in [3.63, 3.8) is 0 Å². The molecule has 1 aromatic heterocycles. The average molecular weight is 480 g/mol. The molecule has 33 heavy (non-hydrogen) atoms. The summed E-state index contributed by atoms with van der Waals surface area (Å²) in [7, 11) is 0. The van der Waals surface area contributed by atoms with Gasteiger partial charge >= 0.3 is 0 Å². The number of aromatic nitrogens is 3. The van der Waals surface area contributed by atoms with E-state index in [0.29, 0.717) is 17.3 Å². The maximum atomic E-state index is 12.5. The number of nitro benzene ring substituents is 1. The molecule has 4 aromatic rings. The number of hydrogen-bond acceptors (Lipinski definition) is 6. The molecule has 0 aliphatic carbocycles. The number of benzene rings is 3. The van der Waals surface area contributed by atoms with Crippen molar-refractivity contribution in [2.24, 2.45) is 0 Å². The lowest BCUT2D eigenvalue weighted by atomic mass is 10.1. The Bertz CT molecular complexity index is 1280. The van der Waals surface area contributed by atoms with Gasteiger partial charge in [-0.25, -0.2) is 0 Å². The molecule has 1 N–H and O–H groups in total. The molecule has 0 saturated heterocycles. The van der Waals surface area contributed by atoms with E-state index >= 15 is 0 Å². The second-order valence-electron chi connectivity index (χ2n) is 6.99. The Hall–Kier alpha value is -3.69. The first-order valence-corrected chi connectivity index (χ1v) is 11.3. The van der Waals surface area contributed by atoms with Crippen LogP contribution in [-0.2, 0) is 11.2 Å². The zero-order chi connectivity index (χ0) is 23.2. The second-order valence-corrected chi connectivity index (χ2v) is 8.34. The van der Waals surface area contributed by atoms with Crippen LogP contribution in [0.2, 0.25) is 5.02 Å². The van der Waals surface area contributed by atoms with E-state index in [1.165, 1.54) is 30.0 Å². The van der Waals surface area contributed by atoms with Gasteiger partial charge in [-0.05, 0) is 29.8 Å². The topological polar surface area (TPSA) is 103 Å². The number of anilines is 1. The number of halogens is 1. The van der Waals surface area contributed by atoms with Crippen LogP contribution in [0.15, 0.2) is 84.0 Å². The Labute approximate surface area is 198 Å². The van der Waals surface area contributed by atoms with Gasteiger partial charge in [-0.1, -0.05) is 71.9 Å². The SMILES string of the molecule is O=C(CSc1nnc(Cc2ccccc2)n1-c1ccccc1)Nc1ccc(Cl)c([N+](=O)[O-])c1. The van der Waals surface area contributed by atoms with Crippen LogP contribution in [0.25, 0.3) is 5.69 Å². The lowest BCUT2D eigenvalue weighted by Crippen LogP contribution is -2.15. The molecule has 0 aliphatic heterocycles. The maximum Gasteiger partial charge on any atom is 0.289 e. The summed E-state index contributed by atoms with van der Waals surface area (Å²) in [6, 6.07) is 23.8. The van der Waals surface area contributed by atoms with Crippen LogP contribution in [0.1, 0.15) is 11.4 Å². The summed E-state index contributed by atoms with van der Waals surface area (Å²) >= 11 is 7.06. The van der Waals surface area contributed by atoms with Crippen molar-refractivity contribution in [1.29, 1.82) is 0 Å². The molecule has 8 nitrogen and oxygen atoms in total. The highest BCUT2D eigenvalue weighted by molar-refractivity contribution is 7.99. The number of hydrogen-bond donors (Lipinski definition) is 1. The molecule has 0 atom stereocenters. The number of thioether (sulfide) groups is 1. The van der Waals surface area contributed by atoms with Crippen LogP contribution < -0.4 is 5.32 Å². The molecule has 0 bridgehead atoms. The number of rotatable bonds is 8. The Morgan fingerprint density at radius 3 is 2.42 bits per heavy atom. The highest BCUT2D eigenvalue weighted by Gasteiger charge is 2.17. The fourth-order valence-corrected chi connectivity index (χ4v) is 4.14. The summed E-state index contributed by atoms with van der Waals surface area (Å²) in [4.78, 5) is 23.0. The average Bonchev–Trinajstić information content (AvgIpc) is 3.22. The minimum Gasteiger partial charge on any atom is -0.325 e. The molecule has 0 aliphatic rings. The van der Waals surface area contributed by atoms with Crippen molar-refractivity contribution in [3.05, 3.63) is 105 Å². The zero-order valence-corrected chi connectivity index (χ0v) is 18.8. The normalized spacial score (nSPS) is 10.7. The molecule has 10 heteroatoms. The lowest BCUT2D eigenvalue weighted by Gasteiger charge is -2.10. The molecule has 0 spiro atoms. The largest absolute Gasteiger partial charge is 0.325 e. The van der Waals surface area contributed by atoms with Crippen molar-refractivity contribution in [2.45, 2.75) is 11.6 Å². The van der Waals surface area contributed by atoms with Crippen LogP contribution in [0, 0.1) is 10.1 Å². The standard InChI is InChI=1S/C23H18ClN5O3S/c24-19-12-11-17(14-20(19)29(31)32)25-22(30)15-33-23-27-26-21(13-16-7-3-1-4-8-16)28(23)18-9-5-2-6-10-18/h1-12,14H,13,15H2,(H,25,30). The molecule has 1 heterocycles. The van der Waals surface area contributed by atoms with Gasteiger partial charge in [0, 0.05) is 23.9 Å². The van der Waals surface area contributed by atoms with Crippen molar-refractivity contribution >= 4 is 40.6 Å². The van der Waals surface area contributed by atoms with Crippen LogP contribution in [-0.4, -0.2) is 31.3 Å². The summed E-state index contributed by atoms with van der Waals surface area (Å²) in [5, 5.41) is 23.0. The van der Waals surface area contributed by atoms with Gasteiger partial charge in [-0.3, -0.25) is 19.5 Å². The highest BCUT2D eigenvalue weighted by Crippen LogP contribution is 2.28. The number of carbonyl (C=O) groups is 1. The number of nitro groups is 1. The summed E-state index contributed by atoms with van der Waals surface area (Å²) < 4.78 is 1.93. The molecular weight excluding hydrogens is 462 g/mol. The summed E-state index contributed by atoms with van der Waals surface area (Å²) in [6.45, 7) is 0. The summed E-state index contributed by atoms with van der Waals surface area (Å²) in [6.07, 6.45) is 0.587. The molecule has 0 saturated carbocycles. The van der Waals surface area contributed by atoms with Gasteiger partial charge in [0.2, 0.25) is 5.91 Å². The van der Waals surface area contributed by atoms with Crippen molar-refractivity contribution in [3.8, 4) is 5.69 Å². The van der Waals surface area contributed by atoms with E-state index in [4.69, 9.17) is 11.6 Å². The third-order valence-corrected chi connectivity index (χ3v) is 5.93. The number of nitrogens with one attached hydrogen (secondary N) is 1. The fraction of sp³-hybridized carbons (Fsp3) is 0.0870. The maximum absolute atomic E-state index is 12.5. The fourth-order valence-electron chi connectivity index (χ4n) is 3.18. The van der Waals surface area contributed by atoms with Gasteiger partial charge in [0.15, 0.2) is 5.16 Å². The zero-order valence-electron chi connectivity index (χ0n) is 17.2. The molecule has 0 radical (unpaired) electrons. The van der Waals surface area contributed by atoms with E-state index < -0.39 is 4.92 Å². The molecule has 0 fully saturated rings. The van der Waals surface area contributed by atoms with Crippen LogP contribution in [0.4, 0.5) is 11.4 Å². The summed E-state index contributed by atoms with van der Waals surface area (Å²) in [5.74, 6) is 0.472. The molecular formula is C23H18ClN5O3S. The van der Waals surface area contributed by atoms with Crippen LogP contribution in [0.3, 0.4) is 0 Å². The minimum atomic E-state index is -0.594. The first-order valence-electron chi connectivity index (χ1n) is 9.91. The van der Waals surface area contributed by atoms with E-state index in [-0.39, 0.29) is 22.4 Å². The lowest BCUT2D eigenvalue weighted by molar-refractivity contribution is -0.384. The molecule has 3 aromatic carbocycles. The predicted molar refractivity (Wildman–Crippen MR) is 128 cm³/mol. The number of para-hydroxylation sites is 1. The van der Waals surface area contributed by atoms with Crippen molar-refractivity contribution in [1.82, 2.24) is 14.8 Å². The Balaban J connectivity index is 1.51. The van der Waals surface area contributed by atoms with Gasteiger partial charge in [0.25, 0.3) is 5.69 Å². The van der Waals surface area contributed by atoms with E-state index in [1.54, 1.807) is 0 Å². The van der Waals surface area contributed by atoms with E-state index in [1.807, 2.05) is 65.2 Å². The number of nitrogens with zero attached hydrogens (tertiary/aromatic N) is 4. The van der Waals surface area contributed by atoms with Crippen LogP contribution in [0.5, 0.6) is 0 Å². The molecule has 0 unspecified atom stereocenters. The molecule has 4 rings (SSSR count). The van der Waals surface area contributed by atoms with Crippen molar-refractivity contribution in [2.75, 3.05) is 11.1 Å². The van der Waals surface area contributed by atoms with E-state index in [9.17, 15) is 14.9 Å². The minimum absolute atomic E-state index is 0.00859. The van der Waals surface area contributed by atoms with Gasteiger partial charge in [0.05, 0.1) is 10.7 Å². The first kappa shape index (κ1) is 22.5. The number of amides is 1. The van der Waals surface area contributed by atoms with Gasteiger partial charge in [-0.2, -0.15) is 0 Å². The van der Waals surface area contributed by atoms with Gasteiger partial charge in [0.1, 0.15) is 10.8 Å². The first-order chi connectivity index (χ1) is 16.0. The Morgan fingerprint density at radius 1 is 1.03 bits per heavy atom. The monoisotopic (exact) mass is 479 g/mol. The second kappa shape index (κ2) is 10.3. The highest BCUT2D eigenvalue weighted by atomic mass is 35.5. The number of carbonyl (C=O) groups excluding carboxylic acids is 1. The third kappa shape index (κ3) is 5.57. The molecule has 166 valence electrons.